The lowest BCUT2D eigenvalue weighted by atomic mass is 10.2. The van der Waals surface area contributed by atoms with Gasteiger partial charge in [0.15, 0.2) is 5.70 Å². The molecular weight excluding hydrogens is 691 g/mol. The average Bonchev–Trinajstić information content (AvgIpc) is 3.09. The number of rotatable bonds is 5. The fourth-order valence-corrected chi connectivity index (χ4v) is 5.41. The van der Waals surface area contributed by atoms with Crippen molar-refractivity contribution in [3.63, 3.8) is 0 Å². The largest absolute Gasteiger partial charge is 0.487 e. The summed E-state index contributed by atoms with van der Waals surface area (Å²) in [4.78, 5) is 16.5. The normalized spacial score (nSPS) is 14.5. The van der Waals surface area contributed by atoms with E-state index in [-0.39, 0.29) is 11.6 Å². The summed E-state index contributed by atoms with van der Waals surface area (Å²) in [6.07, 6.45) is 1.65. The first-order valence-electron chi connectivity index (χ1n) is 9.04. The Morgan fingerprint density at radius 2 is 1.81 bits per heavy atom. The molecule has 4 rings (SSSR count). The lowest BCUT2D eigenvalue weighted by Gasteiger charge is -2.12. The van der Waals surface area contributed by atoms with E-state index in [0.29, 0.717) is 12.2 Å². The number of carbonyl (C=O) groups excluding carboxylic acids is 1. The van der Waals surface area contributed by atoms with Gasteiger partial charge in [0.1, 0.15) is 18.2 Å². The maximum absolute atomic E-state index is 13.5. The molecule has 31 heavy (non-hydrogen) atoms. The molecule has 0 bridgehead atoms. The van der Waals surface area contributed by atoms with Gasteiger partial charge >= 0.3 is 5.97 Å². The van der Waals surface area contributed by atoms with Crippen molar-refractivity contribution in [2.24, 2.45) is 4.99 Å². The van der Waals surface area contributed by atoms with E-state index in [1.54, 1.807) is 18.2 Å². The Kier molecular flexibility index (Phi) is 7.07. The summed E-state index contributed by atoms with van der Waals surface area (Å²) in [6.45, 7) is 0.432. The summed E-state index contributed by atoms with van der Waals surface area (Å²) in [5.41, 5.74) is 2.41. The summed E-state index contributed by atoms with van der Waals surface area (Å²) in [6, 6.07) is 17.5. The molecule has 0 fully saturated rings. The van der Waals surface area contributed by atoms with E-state index in [0.717, 1.165) is 28.5 Å². The molecule has 0 aromatic heterocycles. The van der Waals surface area contributed by atoms with Crippen LogP contribution in [0.5, 0.6) is 5.75 Å². The van der Waals surface area contributed by atoms with E-state index >= 15 is 0 Å². The Balaban J connectivity index is 1.57. The molecule has 0 radical (unpaired) electrons. The molecule has 0 N–H and O–H groups in total. The lowest BCUT2D eigenvalue weighted by molar-refractivity contribution is -0.129. The van der Waals surface area contributed by atoms with Crippen molar-refractivity contribution in [3.8, 4) is 5.75 Å². The quantitative estimate of drug-likeness (QED) is 0.169. The zero-order valence-electron chi connectivity index (χ0n) is 15.7. The first kappa shape index (κ1) is 22.4. The maximum Gasteiger partial charge on any atom is 0.363 e. The number of ether oxygens (including phenoxy) is 2. The first-order chi connectivity index (χ1) is 14.9. The van der Waals surface area contributed by atoms with Gasteiger partial charge in [-0.25, -0.2) is 14.2 Å². The Bertz CT molecular complexity index is 1220. The molecule has 0 atom stereocenters. The van der Waals surface area contributed by atoms with E-state index < -0.39 is 11.8 Å². The lowest BCUT2D eigenvalue weighted by Crippen LogP contribution is -2.05. The highest BCUT2D eigenvalue weighted by Gasteiger charge is 2.24. The Morgan fingerprint density at radius 1 is 1.06 bits per heavy atom. The van der Waals surface area contributed by atoms with Gasteiger partial charge in [0, 0.05) is 15.6 Å². The number of hydrogen-bond donors (Lipinski definition) is 0. The van der Waals surface area contributed by atoms with E-state index in [2.05, 4.69) is 66.1 Å². The van der Waals surface area contributed by atoms with Gasteiger partial charge in [0.05, 0.1) is 7.14 Å². The van der Waals surface area contributed by atoms with Crippen LogP contribution in [0.3, 0.4) is 0 Å². The zero-order chi connectivity index (χ0) is 22.0. The number of cyclic esters (lactones) is 1. The third-order valence-corrected chi connectivity index (χ3v) is 6.72. The molecule has 0 saturated carbocycles. The minimum Gasteiger partial charge on any atom is -0.487 e. The predicted molar refractivity (Wildman–Crippen MR) is 137 cm³/mol. The van der Waals surface area contributed by atoms with Crippen LogP contribution in [0.2, 0.25) is 0 Å². The van der Waals surface area contributed by atoms with Crippen LogP contribution < -0.4 is 4.74 Å². The monoisotopic (exact) mass is 703 g/mol. The van der Waals surface area contributed by atoms with Crippen LogP contribution in [0, 0.1) is 13.0 Å². The average molecular weight is 704 g/mol. The molecule has 1 aliphatic rings. The minimum atomic E-state index is -0.571. The van der Waals surface area contributed by atoms with Gasteiger partial charge < -0.3 is 9.47 Å². The summed E-state index contributed by atoms with van der Waals surface area (Å²) < 4.78 is 27.5. The molecule has 0 unspecified atom stereocenters. The van der Waals surface area contributed by atoms with Crippen molar-refractivity contribution in [3.05, 3.63) is 100 Å². The van der Waals surface area contributed by atoms with Crippen LogP contribution in [0.4, 0.5) is 4.39 Å². The zero-order valence-corrected chi connectivity index (χ0v) is 21.6. The summed E-state index contributed by atoms with van der Waals surface area (Å²) in [5.74, 6) is -0.125. The number of hydrogen-bond acceptors (Lipinski definition) is 4. The van der Waals surface area contributed by atoms with Crippen molar-refractivity contribution < 1.29 is 18.7 Å². The van der Waals surface area contributed by atoms with Gasteiger partial charge in [-0.1, -0.05) is 40.2 Å². The number of nitrogens with zero attached hydrogens (tertiary/aromatic N) is 1. The molecule has 0 spiro atoms. The summed E-state index contributed by atoms with van der Waals surface area (Å²) >= 11 is 7.94. The molecule has 0 aliphatic carbocycles. The van der Waals surface area contributed by atoms with E-state index in [1.165, 1.54) is 12.1 Å². The molecule has 1 heterocycles. The SMILES string of the molecule is O=C1OC(c2cccc(F)c2)=N/C1=C\c1cc(I)c(OCc2ccccc2Br)c(I)c1. The topological polar surface area (TPSA) is 47.9 Å². The second kappa shape index (κ2) is 9.78. The van der Waals surface area contributed by atoms with E-state index in [4.69, 9.17) is 9.47 Å². The molecule has 3 aromatic rings. The van der Waals surface area contributed by atoms with Crippen molar-refractivity contribution in [1.82, 2.24) is 0 Å². The van der Waals surface area contributed by atoms with E-state index in [9.17, 15) is 9.18 Å². The van der Waals surface area contributed by atoms with Gasteiger partial charge in [-0.05, 0) is 93.2 Å². The van der Waals surface area contributed by atoms with Gasteiger partial charge in [-0.2, -0.15) is 0 Å². The highest BCUT2D eigenvalue weighted by molar-refractivity contribution is 14.1. The number of carbonyl (C=O) groups is 1. The van der Waals surface area contributed by atoms with Gasteiger partial charge in [0.25, 0.3) is 0 Å². The third kappa shape index (κ3) is 5.35. The number of benzene rings is 3. The molecule has 4 nitrogen and oxygen atoms in total. The molecule has 8 heteroatoms. The highest BCUT2D eigenvalue weighted by Crippen LogP contribution is 2.32. The third-order valence-electron chi connectivity index (χ3n) is 4.35. The molecule has 156 valence electrons. The second-order valence-corrected chi connectivity index (χ2v) is 9.72. The molecular formula is C23H13BrFI2NO3. The summed E-state index contributed by atoms with van der Waals surface area (Å²) in [5, 5.41) is 0. The standard InChI is InChI=1S/C23H13BrFI2NO3/c24-17-7-2-1-4-15(17)12-30-21-18(26)8-13(9-19(21)27)10-20-23(29)31-22(28-20)14-5-3-6-16(25)11-14/h1-11H,12H2/b20-10-. The minimum absolute atomic E-state index is 0.0912. The van der Waals surface area contributed by atoms with Gasteiger partial charge in [-0.3, -0.25) is 0 Å². The molecule has 0 amide bonds. The van der Waals surface area contributed by atoms with Crippen molar-refractivity contribution in [2.75, 3.05) is 0 Å². The van der Waals surface area contributed by atoms with E-state index in [1.807, 2.05) is 36.4 Å². The number of esters is 1. The van der Waals surface area contributed by atoms with Crippen molar-refractivity contribution in [2.45, 2.75) is 6.61 Å². The van der Waals surface area contributed by atoms with Crippen LogP contribution in [0.25, 0.3) is 6.08 Å². The number of halogens is 4. The number of aliphatic imine (C=N–C) groups is 1. The molecule has 3 aromatic carbocycles. The van der Waals surface area contributed by atoms with Crippen molar-refractivity contribution >= 4 is 79.1 Å². The van der Waals surface area contributed by atoms with Crippen LogP contribution >= 0.6 is 61.1 Å². The highest BCUT2D eigenvalue weighted by atomic mass is 127. The van der Waals surface area contributed by atoms with Crippen LogP contribution in [0.1, 0.15) is 16.7 Å². The Hall–Kier alpha value is -1.79. The van der Waals surface area contributed by atoms with Crippen LogP contribution in [0.15, 0.2) is 75.8 Å². The van der Waals surface area contributed by atoms with Gasteiger partial charge in [0.2, 0.25) is 5.90 Å². The maximum atomic E-state index is 13.5. The molecule has 1 aliphatic heterocycles. The molecule has 0 saturated heterocycles. The fraction of sp³-hybridized carbons (Fsp3) is 0.0435. The summed E-state index contributed by atoms with van der Waals surface area (Å²) in [7, 11) is 0. The van der Waals surface area contributed by atoms with Crippen LogP contribution in [-0.2, 0) is 16.1 Å². The van der Waals surface area contributed by atoms with Gasteiger partial charge in [-0.15, -0.1) is 0 Å². The van der Waals surface area contributed by atoms with Crippen molar-refractivity contribution in [1.29, 1.82) is 0 Å². The predicted octanol–water partition coefficient (Wildman–Crippen LogP) is 6.72. The van der Waals surface area contributed by atoms with Crippen LogP contribution in [-0.4, -0.2) is 11.9 Å². The fourth-order valence-electron chi connectivity index (χ4n) is 2.88. The Labute approximate surface area is 214 Å². The smallest absolute Gasteiger partial charge is 0.363 e. The Morgan fingerprint density at radius 3 is 2.52 bits per heavy atom. The first-order valence-corrected chi connectivity index (χ1v) is 12.0. The second-order valence-electron chi connectivity index (χ2n) is 6.54.